The summed E-state index contributed by atoms with van der Waals surface area (Å²) in [6, 6.07) is 11.2. The Balaban J connectivity index is 1.53. The van der Waals surface area contributed by atoms with Gasteiger partial charge in [-0.15, -0.1) is 0 Å². The highest BCUT2D eigenvalue weighted by Crippen LogP contribution is 2.30. The largest absolute Gasteiger partial charge is 0.358 e. The van der Waals surface area contributed by atoms with E-state index in [1.807, 2.05) is 25.9 Å². The quantitative estimate of drug-likeness (QED) is 0.426. The maximum Gasteiger partial charge on any atom is 0.313 e. The number of nitrogens with zero attached hydrogens (tertiary/aromatic N) is 3. The molecule has 1 fully saturated rings. The first-order valence-electron chi connectivity index (χ1n) is 12.0. The molecule has 0 spiro atoms. The van der Waals surface area contributed by atoms with Gasteiger partial charge in [-0.25, -0.2) is 8.42 Å². The summed E-state index contributed by atoms with van der Waals surface area (Å²) in [6.07, 6.45) is 4.21. The number of benzene rings is 2. The summed E-state index contributed by atoms with van der Waals surface area (Å²) in [5.41, 5.74) is 2.26. The Morgan fingerprint density at radius 2 is 2.00 bits per heavy atom. The average molecular weight is 523 g/mol. The van der Waals surface area contributed by atoms with Crippen LogP contribution in [0.15, 0.2) is 47.5 Å². The van der Waals surface area contributed by atoms with Crippen molar-refractivity contribution in [2.75, 3.05) is 37.2 Å². The second-order valence-electron chi connectivity index (χ2n) is 9.49. The number of H-pyrrole nitrogens is 1. The maximum absolute atomic E-state index is 13.2. The molecule has 10 nitrogen and oxygen atoms in total. The number of hydrogen-bond acceptors (Lipinski definition) is 6. The zero-order valence-electron chi connectivity index (χ0n) is 21.0. The van der Waals surface area contributed by atoms with Gasteiger partial charge in [0.2, 0.25) is 0 Å². The van der Waals surface area contributed by atoms with Gasteiger partial charge in [0.15, 0.2) is 0 Å². The third kappa shape index (κ3) is 5.60. The number of anilines is 2. The fourth-order valence-corrected chi connectivity index (χ4v) is 5.85. The molecule has 11 heteroatoms. The Hall–Kier alpha value is -3.88. The smallest absolute Gasteiger partial charge is 0.313 e. The lowest BCUT2D eigenvalue weighted by Gasteiger charge is -2.36. The number of aromatic nitrogens is 1. The summed E-state index contributed by atoms with van der Waals surface area (Å²) in [4.78, 5) is 32.2. The number of nitrogens with one attached hydrogen (secondary N) is 3. The lowest BCUT2D eigenvalue weighted by atomic mass is 10.0. The van der Waals surface area contributed by atoms with Crippen LogP contribution in [0.25, 0.3) is 10.9 Å². The van der Waals surface area contributed by atoms with Crippen LogP contribution in [-0.4, -0.2) is 68.2 Å². The number of aryl methyl sites for hydroxylation is 1. The molecule has 1 atom stereocenters. The van der Waals surface area contributed by atoms with Crippen molar-refractivity contribution in [2.45, 2.75) is 37.1 Å². The number of amides is 2. The van der Waals surface area contributed by atoms with Gasteiger partial charge in [0.05, 0.1) is 21.7 Å². The van der Waals surface area contributed by atoms with E-state index in [4.69, 9.17) is 0 Å². The highest BCUT2D eigenvalue weighted by Gasteiger charge is 2.31. The fraction of sp³-hybridized carbons (Fsp3) is 0.346. The second kappa shape index (κ2) is 10.6. The van der Waals surface area contributed by atoms with Gasteiger partial charge in [0.1, 0.15) is 6.07 Å². The molecule has 1 unspecified atom stereocenters. The van der Waals surface area contributed by atoms with Gasteiger partial charge >= 0.3 is 11.8 Å². The molecule has 1 aliphatic heterocycles. The lowest BCUT2D eigenvalue weighted by Crippen LogP contribution is -2.51. The molecular formula is C26H30N6O4S. The van der Waals surface area contributed by atoms with E-state index in [1.54, 1.807) is 17.0 Å². The summed E-state index contributed by atoms with van der Waals surface area (Å²) in [6.45, 7) is 3.02. The molecule has 2 heterocycles. The third-order valence-corrected chi connectivity index (χ3v) is 7.83. The fourth-order valence-electron chi connectivity index (χ4n) is 4.73. The standard InChI is InChI=1S/C26H30N6O4S/c1-17-10-11-22(24-23(17)18(14-27)15-28-24)30-37(35,36)21-9-6-7-19(13-21)29-25(33)26(34)32-12-5-4-8-20(32)16-31(2)3/h6-7,9-11,13,15,20,28,30H,4-5,8,12,16H2,1-3H3,(H,29,33). The summed E-state index contributed by atoms with van der Waals surface area (Å²) < 4.78 is 28.9. The Kier molecular flexibility index (Phi) is 7.52. The van der Waals surface area contributed by atoms with Gasteiger partial charge in [0, 0.05) is 36.4 Å². The molecule has 0 radical (unpaired) electrons. The minimum Gasteiger partial charge on any atom is -0.358 e. The van der Waals surface area contributed by atoms with Gasteiger partial charge in [0.25, 0.3) is 10.0 Å². The van der Waals surface area contributed by atoms with Crippen molar-refractivity contribution in [1.29, 1.82) is 5.26 Å². The minimum atomic E-state index is -4.04. The maximum atomic E-state index is 13.2. The Morgan fingerprint density at radius 3 is 2.73 bits per heavy atom. The summed E-state index contributed by atoms with van der Waals surface area (Å²) >= 11 is 0. The van der Waals surface area contributed by atoms with Crippen LogP contribution in [0.4, 0.5) is 11.4 Å². The molecule has 2 amide bonds. The number of likely N-dealkylation sites (tertiary alicyclic amines) is 1. The molecule has 37 heavy (non-hydrogen) atoms. The van der Waals surface area contributed by atoms with Gasteiger partial charge in [-0.1, -0.05) is 12.1 Å². The molecule has 0 aliphatic carbocycles. The van der Waals surface area contributed by atoms with E-state index in [-0.39, 0.29) is 16.6 Å². The normalized spacial score (nSPS) is 16.0. The lowest BCUT2D eigenvalue weighted by molar-refractivity contribution is -0.146. The van der Waals surface area contributed by atoms with E-state index in [0.29, 0.717) is 35.2 Å². The number of carbonyl (C=O) groups excluding carboxylic acids is 2. The number of hydrogen-bond donors (Lipinski definition) is 3. The number of nitriles is 1. The monoisotopic (exact) mass is 522 g/mol. The molecule has 1 saturated heterocycles. The summed E-state index contributed by atoms with van der Waals surface area (Å²) in [7, 11) is -0.186. The summed E-state index contributed by atoms with van der Waals surface area (Å²) in [5.74, 6) is -1.43. The Morgan fingerprint density at radius 1 is 1.22 bits per heavy atom. The number of carbonyl (C=O) groups is 2. The second-order valence-corrected chi connectivity index (χ2v) is 11.2. The number of aromatic amines is 1. The van der Waals surface area contributed by atoms with Crippen molar-refractivity contribution >= 4 is 44.1 Å². The van der Waals surface area contributed by atoms with Crippen LogP contribution < -0.4 is 10.0 Å². The van der Waals surface area contributed by atoms with Crippen LogP contribution >= 0.6 is 0 Å². The number of likely N-dealkylation sites (N-methyl/N-ethyl adjacent to an activating group) is 1. The van der Waals surface area contributed by atoms with E-state index >= 15 is 0 Å². The van der Waals surface area contributed by atoms with Crippen LogP contribution in [0.1, 0.15) is 30.4 Å². The van der Waals surface area contributed by atoms with Crippen molar-refractivity contribution in [1.82, 2.24) is 14.8 Å². The van der Waals surface area contributed by atoms with Crippen molar-refractivity contribution in [2.24, 2.45) is 0 Å². The Bertz CT molecular complexity index is 1490. The molecule has 0 bridgehead atoms. The predicted molar refractivity (Wildman–Crippen MR) is 142 cm³/mol. The van der Waals surface area contributed by atoms with E-state index in [1.165, 1.54) is 30.5 Å². The highest BCUT2D eigenvalue weighted by atomic mass is 32.2. The minimum absolute atomic E-state index is 0.0428. The van der Waals surface area contributed by atoms with Crippen LogP contribution in [0.5, 0.6) is 0 Å². The first kappa shape index (κ1) is 26.2. The highest BCUT2D eigenvalue weighted by molar-refractivity contribution is 7.92. The van der Waals surface area contributed by atoms with E-state index in [0.717, 1.165) is 24.8 Å². The first-order valence-corrected chi connectivity index (χ1v) is 13.5. The third-order valence-electron chi connectivity index (χ3n) is 6.47. The number of rotatable bonds is 6. The van der Waals surface area contributed by atoms with Crippen molar-refractivity contribution in [3.8, 4) is 6.07 Å². The number of sulfonamides is 1. The van der Waals surface area contributed by atoms with E-state index in [2.05, 4.69) is 21.1 Å². The molecule has 194 valence electrons. The molecular weight excluding hydrogens is 492 g/mol. The van der Waals surface area contributed by atoms with Gasteiger partial charge < -0.3 is 20.1 Å². The van der Waals surface area contributed by atoms with Gasteiger partial charge in [-0.05, 0) is 70.1 Å². The van der Waals surface area contributed by atoms with Crippen LogP contribution in [0.2, 0.25) is 0 Å². The molecule has 0 saturated carbocycles. The number of fused-ring (bicyclic) bond motifs is 1. The molecule has 2 aromatic carbocycles. The van der Waals surface area contributed by atoms with Crippen LogP contribution in [0, 0.1) is 18.3 Å². The topological polar surface area (TPSA) is 138 Å². The molecule has 1 aromatic heterocycles. The Labute approximate surface area is 216 Å². The van der Waals surface area contributed by atoms with E-state index in [9.17, 15) is 23.3 Å². The van der Waals surface area contributed by atoms with Crippen LogP contribution in [-0.2, 0) is 19.6 Å². The molecule has 3 aromatic rings. The molecule has 4 rings (SSSR count). The first-order chi connectivity index (χ1) is 17.6. The average Bonchev–Trinajstić information content (AvgIpc) is 3.31. The zero-order chi connectivity index (χ0) is 26.7. The molecule has 1 aliphatic rings. The van der Waals surface area contributed by atoms with Crippen molar-refractivity contribution < 1.29 is 18.0 Å². The predicted octanol–water partition coefficient (Wildman–Crippen LogP) is 3.03. The summed E-state index contributed by atoms with van der Waals surface area (Å²) in [5, 5.41) is 12.6. The van der Waals surface area contributed by atoms with Crippen LogP contribution in [0.3, 0.4) is 0 Å². The zero-order valence-corrected chi connectivity index (χ0v) is 21.9. The van der Waals surface area contributed by atoms with Crippen molar-refractivity contribution in [3.63, 3.8) is 0 Å². The van der Waals surface area contributed by atoms with Gasteiger partial charge in [-0.3, -0.25) is 14.3 Å². The molecule has 3 N–H and O–H groups in total. The van der Waals surface area contributed by atoms with E-state index < -0.39 is 21.8 Å². The number of piperidine rings is 1. The SMILES string of the molecule is Cc1ccc(NS(=O)(=O)c2cccc(NC(=O)C(=O)N3CCCCC3CN(C)C)c2)c2[nH]cc(C#N)c12. The van der Waals surface area contributed by atoms with Gasteiger partial charge in [-0.2, -0.15) is 5.26 Å². The van der Waals surface area contributed by atoms with Crippen molar-refractivity contribution in [3.05, 3.63) is 53.7 Å².